The number of hydrogen-bond acceptors (Lipinski definition) is 31. The van der Waals surface area contributed by atoms with Crippen molar-refractivity contribution < 1.29 is 151 Å². The SMILES string of the molecule is CC(C)(C)OC(=O)CC[C@H](NC(=O)CN1C(=O)C=CC1=O)C(=O)NCC(=O)NCC(=O)NCC(=O)NCC(=O)NCCOCCOCCOCCOCCOCCOCCOCCOCCC(=O)N[C@@H](CCC(=O)NC[C@H](O)[C@@H](O)[C@H](O)[C@H](O)CO)C(=O)NC[C@H](O)[C@@H](O)[C@H](O)[C@H](O)CO. The first kappa shape index (κ1) is 90.9. The number of nitrogens with zero attached hydrogens (tertiary/aromatic N) is 1. The van der Waals surface area contributed by atoms with Gasteiger partial charge in [0.05, 0.1) is 157 Å². The van der Waals surface area contributed by atoms with E-state index in [4.69, 9.17) is 52.8 Å². The highest BCUT2D eigenvalue weighted by atomic mass is 16.6. The van der Waals surface area contributed by atoms with Crippen molar-refractivity contribution >= 4 is 70.9 Å². The Bertz CT molecular complexity index is 2480. The van der Waals surface area contributed by atoms with Crippen molar-refractivity contribution in [3.05, 3.63) is 12.2 Å². The summed E-state index contributed by atoms with van der Waals surface area (Å²) in [6.07, 6.45) is -14.8. The molecule has 574 valence electrons. The Morgan fingerprint density at radius 2 is 0.730 bits per heavy atom. The van der Waals surface area contributed by atoms with Crippen LogP contribution in [0.4, 0.5) is 0 Å². The van der Waals surface area contributed by atoms with Crippen molar-refractivity contribution in [3.8, 4) is 0 Å². The van der Waals surface area contributed by atoms with E-state index in [0.29, 0.717) is 51.1 Å². The quantitative estimate of drug-likeness (QED) is 0.0153. The minimum absolute atomic E-state index is 0.0904. The van der Waals surface area contributed by atoms with Crippen LogP contribution in [0, 0.1) is 0 Å². The summed E-state index contributed by atoms with van der Waals surface area (Å²) in [5, 5.41) is 118. The van der Waals surface area contributed by atoms with E-state index >= 15 is 0 Å². The second kappa shape index (κ2) is 53.7. The number of ether oxygens (including phenoxy) is 9. The van der Waals surface area contributed by atoms with Gasteiger partial charge in [-0.3, -0.25) is 62.4 Å². The lowest BCUT2D eigenvalue weighted by Crippen LogP contribution is -2.53. The first-order valence-electron chi connectivity index (χ1n) is 32.0. The average Bonchev–Trinajstić information content (AvgIpc) is 1.66. The topological polar surface area (TPSA) is 602 Å². The fourth-order valence-corrected chi connectivity index (χ4v) is 7.85. The van der Waals surface area contributed by atoms with Gasteiger partial charge in [0.25, 0.3) is 11.8 Å². The van der Waals surface area contributed by atoms with Crippen molar-refractivity contribution in [2.24, 2.45) is 0 Å². The van der Waals surface area contributed by atoms with Crippen LogP contribution in [0.3, 0.4) is 0 Å². The van der Waals surface area contributed by atoms with Crippen LogP contribution in [-0.4, -0.2) is 365 Å². The van der Waals surface area contributed by atoms with E-state index in [-0.39, 0.29) is 91.7 Å². The highest BCUT2D eigenvalue weighted by Crippen LogP contribution is 2.12. The molecular formula is C59H102N10O31. The van der Waals surface area contributed by atoms with Crippen LogP contribution in [0.2, 0.25) is 0 Å². The van der Waals surface area contributed by atoms with Gasteiger partial charge in [-0.2, -0.15) is 0 Å². The van der Waals surface area contributed by atoms with Gasteiger partial charge in [-0.25, -0.2) is 0 Å². The van der Waals surface area contributed by atoms with Crippen LogP contribution in [0.1, 0.15) is 52.9 Å². The van der Waals surface area contributed by atoms with Gasteiger partial charge in [0.1, 0.15) is 60.9 Å². The average molecular weight is 1450 g/mol. The summed E-state index contributed by atoms with van der Waals surface area (Å²) >= 11 is 0. The summed E-state index contributed by atoms with van der Waals surface area (Å²) in [6.45, 7) is 2.66. The number of carbonyl (C=O) groups is 12. The van der Waals surface area contributed by atoms with Gasteiger partial charge in [0, 0.05) is 51.0 Å². The molecule has 19 N–H and O–H groups in total. The van der Waals surface area contributed by atoms with E-state index in [1.165, 1.54) is 0 Å². The number of hydrogen-bond donors (Lipinski definition) is 19. The molecule has 41 heteroatoms. The van der Waals surface area contributed by atoms with Crippen LogP contribution < -0.4 is 47.9 Å². The zero-order valence-electron chi connectivity index (χ0n) is 56.3. The van der Waals surface area contributed by atoms with E-state index in [9.17, 15) is 98.4 Å². The molecule has 0 fully saturated rings. The maximum absolute atomic E-state index is 13.0. The predicted molar refractivity (Wildman–Crippen MR) is 338 cm³/mol. The monoisotopic (exact) mass is 1450 g/mol. The number of rotatable bonds is 59. The second-order valence-electron chi connectivity index (χ2n) is 22.7. The number of carbonyl (C=O) groups excluding carboxylic acids is 12. The molecule has 0 saturated carbocycles. The minimum atomic E-state index is -2.00. The van der Waals surface area contributed by atoms with Crippen molar-refractivity contribution in [1.82, 2.24) is 52.8 Å². The lowest BCUT2D eigenvalue weighted by Gasteiger charge is -2.26. The summed E-state index contributed by atoms with van der Waals surface area (Å²) in [6, 6.07) is -2.81. The molecule has 1 rings (SSSR count). The van der Waals surface area contributed by atoms with Gasteiger partial charge in [-0.15, -0.1) is 0 Å². The molecule has 0 aliphatic carbocycles. The Morgan fingerprint density at radius 3 is 1.14 bits per heavy atom. The summed E-state index contributed by atoms with van der Waals surface area (Å²) < 4.78 is 48.8. The molecule has 0 unspecified atom stereocenters. The smallest absolute Gasteiger partial charge is 0.306 e. The molecule has 0 aromatic heterocycles. The molecule has 0 aromatic carbocycles. The largest absolute Gasteiger partial charge is 0.460 e. The number of esters is 1. The Morgan fingerprint density at radius 1 is 0.390 bits per heavy atom. The van der Waals surface area contributed by atoms with Gasteiger partial charge in [0.2, 0.25) is 53.2 Å². The van der Waals surface area contributed by atoms with Gasteiger partial charge in [0.15, 0.2) is 0 Å². The van der Waals surface area contributed by atoms with Gasteiger partial charge < -0.3 is 142 Å². The zero-order valence-corrected chi connectivity index (χ0v) is 56.3. The number of amides is 11. The summed E-state index contributed by atoms with van der Waals surface area (Å²) in [5.74, 6) is -9.21. The fourth-order valence-electron chi connectivity index (χ4n) is 7.85. The molecule has 0 spiro atoms. The molecule has 0 bridgehead atoms. The number of imide groups is 1. The molecule has 1 heterocycles. The molecular weight excluding hydrogens is 1340 g/mol. The van der Waals surface area contributed by atoms with Crippen molar-refractivity contribution in [1.29, 1.82) is 0 Å². The van der Waals surface area contributed by atoms with Gasteiger partial charge in [-0.1, -0.05) is 0 Å². The summed E-state index contributed by atoms with van der Waals surface area (Å²) in [4.78, 5) is 149. The first-order valence-corrected chi connectivity index (χ1v) is 32.0. The molecule has 1 aliphatic heterocycles. The fraction of sp³-hybridized carbons (Fsp3) is 0.763. The third kappa shape index (κ3) is 44.2. The summed E-state index contributed by atoms with van der Waals surface area (Å²) in [5.41, 5.74) is -0.836. The predicted octanol–water partition coefficient (Wildman–Crippen LogP) is -12.0. The molecule has 1 aliphatic rings. The third-order valence-corrected chi connectivity index (χ3v) is 13.3. The van der Waals surface area contributed by atoms with Gasteiger partial charge in [-0.05, 0) is 33.6 Å². The van der Waals surface area contributed by atoms with Crippen LogP contribution in [0.5, 0.6) is 0 Å². The Hall–Kier alpha value is -7.14. The highest BCUT2D eigenvalue weighted by Gasteiger charge is 2.34. The minimum Gasteiger partial charge on any atom is -0.460 e. The first-order chi connectivity index (χ1) is 47.5. The molecule has 0 saturated heterocycles. The highest BCUT2D eigenvalue weighted by molar-refractivity contribution is 6.14. The van der Waals surface area contributed by atoms with Crippen molar-refractivity contribution in [3.63, 3.8) is 0 Å². The van der Waals surface area contributed by atoms with E-state index < -0.39 is 203 Å². The van der Waals surface area contributed by atoms with E-state index in [1.807, 2.05) is 0 Å². The molecule has 11 amide bonds. The summed E-state index contributed by atoms with van der Waals surface area (Å²) in [7, 11) is 0. The Kier molecular flexibility index (Phi) is 48.8. The Balaban J connectivity index is 2.11. The van der Waals surface area contributed by atoms with Crippen LogP contribution in [-0.2, 0) is 100 Å². The third-order valence-electron chi connectivity index (χ3n) is 13.3. The van der Waals surface area contributed by atoms with Gasteiger partial charge >= 0.3 is 5.97 Å². The lowest BCUT2D eigenvalue weighted by molar-refractivity contribution is -0.155. The standard InChI is InChI=1S/C59H102N10O31/c1-59(2,3)100-52(85)9-5-38(68-49(82)34-69-50(83)7-8-51(69)84)58(91)66-33-48(81)64-32-47(80)63-31-46(79)62-30-45(78)60-11-13-93-15-17-95-19-21-97-23-25-99-27-26-98-24-22-96-20-18-94-16-14-92-12-10-44(77)67-37(57(90)65-29-40(73)54(87)56(89)42(75)36-71)4-6-43(76)61-28-39(72)53(86)55(88)41(74)35-70/h7-8,37-42,53-56,70-75,86-89H,4-6,9-36H2,1-3H3,(H,60,78)(H,61,76)(H,62,79)(H,63,80)(H,64,81)(H,65,90)(H,66,91)(H,67,77)(H,68,82)/t37-,38-,39-,40-,41+,42+,53+,54+,55+,56+/m0/s1. The maximum Gasteiger partial charge on any atom is 0.306 e. The van der Waals surface area contributed by atoms with Crippen LogP contribution >= 0.6 is 0 Å². The number of nitrogens with one attached hydrogen (secondary N) is 9. The molecule has 0 radical (unpaired) electrons. The number of aliphatic hydroxyl groups is 10. The van der Waals surface area contributed by atoms with E-state index in [2.05, 4.69) is 47.9 Å². The molecule has 100 heavy (non-hydrogen) atoms. The van der Waals surface area contributed by atoms with Crippen molar-refractivity contribution in [2.75, 3.05) is 171 Å². The molecule has 41 nitrogen and oxygen atoms in total. The molecule has 0 aromatic rings. The second-order valence-corrected chi connectivity index (χ2v) is 22.7. The van der Waals surface area contributed by atoms with E-state index in [1.54, 1.807) is 20.8 Å². The normalized spacial score (nSPS) is 15.2. The van der Waals surface area contributed by atoms with Crippen LogP contribution in [0.15, 0.2) is 12.2 Å². The maximum atomic E-state index is 13.0. The molecule has 10 atom stereocenters. The zero-order chi connectivity index (χ0) is 74.8. The van der Waals surface area contributed by atoms with E-state index in [0.717, 1.165) is 12.2 Å². The van der Waals surface area contributed by atoms with Crippen LogP contribution in [0.25, 0.3) is 0 Å². The number of aliphatic hydroxyl groups excluding tert-OH is 10. The lowest BCUT2D eigenvalue weighted by atomic mass is 10.0. The van der Waals surface area contributed by atoms with Crippen molar-refractivity contribution in [2.45, 2.75) is 119 Å². The Labute approximate surface area is 576 Å².